The molecule has 0 fully saturated rings. The number of halogens is 2. The van der Waals surface area contributed by atoms with Crippen LogP contribution in [0.1, 0.15) is 55.6 Å². The van der Waals surface area contributed by atoms with Crippen LogP contribution < -0.4 is 20.2 Å². The molecular formula is C104H74F2N2Si. The first-order valence-corrected chi connectivity index (χ1v) is 40.4. The van der Waals surface area contributed by atoms with Crippen LogP contribution in [0.2, 0.25) is 13.1 Å². The fraction of sp³-hybridized carbons (Fsp3) is 0.0385. The molecule has 0 N–H and O–H groups in total. The number of fused-ring (bicyclic) bond motifs is 9. The van der Waals surface area contributed by atoms with E-state index >= 15 is 0 Å². The summed E-state index contributed by atoms with van der Waals surface area (Å²) in [5, 5.41) is 2.78. The Morgan fingerprint density at radius 2 is 0.550 bits per heavy atom. The maximum absolute atomic E-state index is 14.2. The lowest BCUT2D eigenvalue weighted by atomic mass is 9.67. The average Bonchev–Trinajstić information content (AvgIpc) is 1.54. The molecule has 0 radical (unpaired) electrons. The van der Waals surface area contributed by atoms with Gasteiger partial charge in [0, 0.05) is 34.1 Å². The van der Waals surface area contributed by atoms with Gasteiger partial charge < -0.3 is 9.80 Å². The van der Waals surface area contributed by atoms with Crippen LogP contribution in [0.5, 0.6) is 0 Å². The summed E-state index contributed by atoms with van der Waals surface area (Å²) >= 11 is 0. The molecule has 3 aliphatic rings. The van der Waals surface area contributed by atoms with E-state index in [1.807, 2.05) is 36.4 Å². The second-order valence-electron chi connectivity index (χ2n) is 29.5. The standard InChI is InChI=1S/C104H74F2N2Si/c1-5-69-31-43-81(44-32-69)103(79-23-9-7-10-24-79)97-29-15-13-27-91(97)93-59-55-89(67-99(93)103)107(85-51-39-73(40-52-85)77-21-17-19-75(63-77)71-35-47-83(105)48-36-71)87-57-61-101-95(65-87)96-66-88(58-62-102(96)109(101,3)4)108(86-53-41-74(42-54-86)78-22-18-20-76(64-78)72-37-49-84(106)50-38-72)90-56-60-94-92-28-14-16-30-98(92)104(100(94)68-90,80-25-11-8-12-26-80)82-45-33-70(6-2)34-46-82/h5-68H,1-2H2,3-4H3. The third-order valence-electron chi connectivity index (χ3n) is 23.3. The minimum atomic E-state index is -2.36. The predicted molar refractivity (Wildman–Crippen MR) is 454 cm³/mol. The topological polar surface area (TPSA) is 6.48 Å². The monoisotopic (exact) mass is 1420 g/mol. The Morgan fingerprint density at radius 3 is 0.917 bits per heavy atom. The van der Waals surface area contributed by atoms with Crippen molar-refractivity contribution in [3.63, 3.8) is 0 Å². The fourth-order valence-electron chi connectivity index (χ4n) is 18.1. The Hall–Kier alpha value is -13.3. The number of nitrogens with zero attached hydrogens (tertiary/aromatic N) is 2. The zero-order valence-electron chi connectivity index (χ0n) is 60.5. The highest BCUT2D eigenvalue weighted by Gasteiger charge is 2.49. The van der Waals surface area contributed by atoms with E-state index in [1.54, 1.807) is 0 Å². The molecule has 109 heavy (non-hydrogen) atoms. The second kappa shape index (κ2) is 26.6. The summed E-state index contributed by atoms with van der Waals surface area (Å²) in [5.41, 5.74) is 32.2. The van der Waals surface area contributed by atoms with Crippen LogP contribution in [-0.2, 0) is 10.8 Å². The Balaban J connectivity index is 0.794. The van der Waals surface area contributed by atoms with Gasteiger partial charge in [-0.2, -0.15) is 0 Å². The number of benzene rings is 16. The molecule has 0 saturated carbocycles. The summed E-state index contributed by atoms with van der Waals surface area (Å²) in [4.78, 5) is 4.93. The summed E-state index contributed by atoms with van der Waals surface area (Å²) in [6, 6.07) is 135. The van der Waals surface area contributed by atoms with Crippen molar-refractivity contribution >= 4 is 64.7 Å². The van der Waals surface area contributed by atoms with E-state index in [0.29, 0.717) is 0 Å². The van der Waals surface area contributed by atoms with Gasteiger partial charge in [-0.3, -0.25) is 0 Å². The molecule has 1 heterocycles. The summed E-state index contributed by atoms with van der Waals surface area (Å²) in [7, 11) is -2.36. The van der Waals surface area contributed by atoms with E-state index in [-0.39, 0.29) is 11.6 Å². The van der Waals surface area contributed by atoms with Crippen LogP contribution in [0.25, 0.3) is 90.0 Å². The molecule has 16 aromatic rings. The van der Waals surface area contributed by atoms with Gasteiger partial charge in [-0.1, -0.05) is 305 Å². The van der Waals surface area contributed by atoms with E-state index in [1.165, 1.54) is 113 Å². The number of hydrogen-bond donors (Lipinski definition) is 0. The first-order valence-electron chi connectivity index (χ1n) is 37.4. The molecule has 19 rings (SSSR count). The molecule has 0 amide bonds. The molecule has 2 nitrogen and oxygen atoms in total. The van der Waals surface area contributed by atoms with E-state index in [0.717, 1.165) is 89.8 Å². The molecule has 2 unspecified atom stereocenters. The summed E-state index contributed by atoms with van der Waals surface area (Å²) < 4.78 is 28.5. The van der Waals surface area contributed by atoms with Crippen molar-refractivity contribution in [2.45, 2.75) is 23.9 Å². The van der Waals surface area contributed by atoms with Gasteiger partial charge in [-0.25, -0.2) is 8.78 Å². The highest BCUT2D eigenvalue weighted by molar-refractivity contribution is 7.03. The number of rotatable bonds is 16. The van der Waals surface area contributed by atoms with Crippen LogP contribution >= 0.6 is 0 Å². The van der Waals surface area contributed by atoms with Gasteiger partial charge in [0.25, 0.3) is 0 Å². The lowest BCUT2D eigenvalue weighted by Crippen LogP contribution is -2.49. The lowest BCUT2D eigenvalue weighted by molar-refractivity contribution is 0.627. The quantitative estimate of drug-likeness (QED) is 0.0890. The largest absolute Gasteiger partial charge is 0.310 e. The average molecular weight is 1420 g/mol. The minimum Gasteiger partial charge on any atom is -0.310 e. The molecule has 0 bridgehead atoms. The molecule has 0 aromatic heterocycles. The van der Waals surface area contributed by atoms with E-state index in [9.17, 15) is 8.78 Å². The van der Waals surface area contributed by atoms with Crippen LogP contribution in [0.4, 0.5) is 42.9 Å². The molecule has 2 atom stereocenters. The van der Waals surface area contributed by atoms with Crippen molar-refractivity contribution in [2.75, 3.05) is 9.80 Å². The van der Waals surface area contributed by atoms with Gasteiger partial charge in [0.2, 0.25) is 0 Å². The summed E-state index contributed by atoms with van der Waals surface area (Å²) in [6.45, 7) is 13.3. The lowest BCUT2D eigenvalue weighted by Gasteiger charge is -2.35. The Bertz CT molecular complexity index is 5850. The smallest absolute Gasteiger partial charge is 0.123 e. The van der Waals surface area contributed by atoms with Crippen LogP contribution in [0.15, 0.2) is 389 Å². The number of anilines is 6. The van der Waals surface area contributed by atoms with Crippen molar-refractivity contribution in [2.24, 2.45) is 0 Å². The van der Waals surface area contributed by atoms with Crippen molar-refractivity contribution < 1.29 is 8.78 Å². The molecular weight excluding hydrogens is 1340 g/mol. The zero-order chi connectivity index (χ0) is 73.5. The summed E-state index contributed by atoms with van der Waals surface area (Å²) in [6.07, 6.45) is 3.84. The third kappa shape index (κ3) is 10.9. The van der Waals surface area contributed by atoms with Gasteiger partial charge in [0.15, 0.2) is 0 Å². The summed E-state index contributed by atoms with van der Waals surface area (Å²) in [5.74, 6) is -0.510. The highest BCUT2D eigenvalue weighted by Crippen LogP contribution is 2.60. The number of hydrogen-bond acceptors (Lipinski definition) is 2. The van der Waals surface area contributed by atoms with E-state index in [2.05, 4.69) is 364 Å². The molecule has 518 valence electrons. The predicted octanol–water partition coefficient (Wildman–Crippen LogP) is 26.4. The van der Waals surface area contributed by atoms with Crippen LogP contribution in [0.3, 0.4) is 0 Å². The first kappa shape index (κ1) is 66.4. The van der Waals surface area contributed by atoms with Crippen molar-refractivity contribution in [3.8, 4) is 77.9 Å². The maximum atomic E-state index is 14.2. The van der Waals surface area contributed by atoms with Crippen molar-refractivity contribution in [3.05, 3.63) is 457 Å². The molecule has 16 aromatic carbocycles. The molecule has 1 aliphatic heterocycles. The zero-order valence-corrected chi connectivity index (χ0v) is 61.5. The SMILES string of the molecule is C=Cc1ccc(C2(c3ccccc3)c3ccccc3-c3ccc(N(c4ccc(-c5cccc(-c6ccc(F)cc6)c5)cc4)c4ccc5c(c4)-c4cc(N(c6ccc(-c7cccc(-c8ccc(F)cc8)c7)cc6)c6ccc7c(c6)C(c6ccccc6)(c6ccc(C=C)cc6)c6ccccc6-7)ccc4[Si]5(C)C)cc32)cc1. The Morgan fingerprint density at radius 1 is 0.248 bits per heavy atom. The first-order chi connectivity index (χ1) is 53.5. The van der Waals surface area contributed by atoms with Gasteiger partial charge in [-0.15, -0.1) is 0 Å². The maximum Gasteiger partial charge on any atom is 0.123 e. The Labute approximate surface area is 637 Å². The molecule has 0 saturated heterocycles. The third-order valence-corrected chi connectivity index (χ3v) is 26.9. The van der Waals surface area contributed by atoms with Gasteiger partial charge >= 0.3 is 0 Å². The van der Waals surface area contributed by atoms with Gasteiger partial charge in [-0.05, 0) is 253 Å². The van der Waals surface area contributed by atoms with Crippen molar-refractivity contribution in [1.82, 2.24) is 0 Å². The van der Waals surface area contributed by atoms with Gasteiger partial charge in [0.05, 0.1) is 10.8 Å². The molecule has 2 aliphatic carbocycles. The van der Waals surface area contributed by atoms with Crippen LogP contribution in [0, 0.1) is 11.6 Å². The highest BCUT2D eigenvalue weighted by atomic mass is 28.3. The van der Waals surface area contributed by atoms with E-state index < -0.39 is 18.9 Å². The fourth-order valence-corrected chi connectivity index (χ4v) is 21.1. The van der Waals surface area contributed by atoms with E-state index in [4.69, 9.17) is 0 Å². The molecule has 5 heteroatoms. The minimum absolute atomic E-state index is 0.255. The van der Waals surface area contributed by atoms with Crippen molar-refractivity contribution in [1.29, 1.82) is 0 Å². The second-order valence-corrected chi connectivity index (χ2v) is 33.8. The Kier molecular flexibility index (Phi) is 16.2. The normalized spacial score (nSPS) is 15.2. The van der Waals surface area contributed by atoms with Gasteiger partial charge in [0.1, 0.15) is 19.7 Å². The van der Waals surface area contributed by atoms with Crippen LogP contribution in [-0.4, -0.2) is 8.07 Å². The molecule has 0 spiro atoms.